The zero-order chi connectivity index (χ0) is 18.5. The van der Waals surface area contributed by atoms with E-state index in [1.165, 1.54) is 0 Å². The molecule has 6 heteroatoms. The second kappa shape index (κ2) is 8.06. The highest BCUT2D eigenvalue weighted by Gasteiger charge is 2.09. The molecule has 1 aromatic heterocycles. The van der Waals surface area contributed by atoms with Crippen molar-refractivity contribution in [3.05, 3.63) is 82.1 Å². The summed E-state index contributed by atoms with van der Waals surface area (Å²) in [6.45, 7) is 2.80. The van der Waals surface area contributed by atoms with Crippen molar-refractivity contribution in [2.75, 3.05) is 0 Å². The Kier molecular flexibility index (Phi) is 5.58. The van der Waals surface area contributed by atoms with E-state index in [1.54, 1.807) is 29.1 Å². The number of nitrogens with zero attached hydrogens (tertiary/aromatic N) is 2. The molecule has 5 nitrogen and oxygen atoms in total. The topological polar surface area (TPSA) is 56.1 Å². The van der Waals surface area contributed by atoms with Gasteiger partial charge in [-0.05, 0) is 48.9 Å². The first-order chi connectivity index (χ1) is 12.5. The Morgan fingerprint density at radius 1 is 1.23 bits per heavy atom. The molecule has 0 unspecified atom stereocenters. The van der Waals surface area contributed by atoms with E-state index in [-0.39, 0.29) is 5.91 Å². The summed E-state index contributed by atoms with van der Waals surface area (Å²) < 4.78 is 7.52. The summed E-state index contributed by atoms with van der Waals surface area (Å²) in [5.74, 6) is 0.609. The Labute approximate surface area is 157 Å². The third-order valence-corrected chi connectivity index (χ3v) is 4.44. The quantitative estimate of drug-likeness (QED) is 0.717. The number of nitrogens with one attached hydrogen (secondary N) is 1. The molecule has 0 saturated heterocycles. The molecule has 0 radical (unpaired) electrons. The molecule has 1 amide bonds. The molecule has 26 heavy (non-hydrogen) atoms. The molecule has 0 saturated carbocycles. The standard InChI is InChI=1S/C20H20ClN3O2/c1-14-17(12-23-24(14)2)11-22-20(25)16-5-3-4-15(10-16)13-26-19-8-6-18(21)7-9-19/h3-10,12H,11,13H2,1-2H3,(H,22,25). The lowest BCUT2D eigenvalue weighted by Crippen LogP contribution is -2.23. The lowest BCUT2D eigenvalue weighted by atomic mass is 10.1. The molecule has 0 fully saturated rings. The minimum Gasteiger partial charge on any atom is -0.489 e. The van der Waals surface area contributed by atoms with Gasteiger partial charge in [0, 0.05) is 35.4 Å². The molecule has 0 bridgehead atoms. The first-order valence-corrected chi connectivity index (χ1v) is 8.63. The van der Waals surface area contributed by atoms with E-state index >= 15 is 0 Å². The number of ether oxygens (including phenoxy) is 1. The van der Waals surface area contributed by atoms with E-state index in [2.05, 4.69) is 10.4 Å². The van der Waals surface area contributed by atoms with Gasteiger partial charge in [0.2, 0.25) is 0 Å². The van der Waals surface area contributed by atoms with Crippen LogP contribution in [0.25, 0.3) is 0 Å². The Bertz CT molecular complexity index is 904. The van der Waals surface area contributed by atoms with Gasteiger partial charge in [0.1, 0.15) is 12.4 Å². The first-order valence-electron chi connectivity index (χ1n) is 8.26. The van der Waals surface area contributed by atoms with Crippen molar-refractivity contribution in [2.24, 2.45) is 7.05 Å². The van der Waals surface area contributed by atoms with Gasteiger partial charge in [0.15, 0.2) is 0 Å². The predicted octanol–water partition coefficient (Wildman–Crippen LogP) is 3.89. The predicted molar refractivity (Wildman–Crippen MR) is 101 cm³/mol. The number of aryl methyl sites for hydroxylation is 1. The van der Waals surface area contributed by atoms with Gasteiger partial charge in [-0.2, -0.15) is 5.10 Å². The molecule has 1 heterocycles. The van der Waals surface area contributed by atoms with Gasteiger partial charge in [-0.3, -0.25) is 9.48 Å². The molecule has 0 spiro atoms. The van der Waals surface area contributed by atoms with E-state index in [4.69, 9.17) is 16.3 Å². The van der Waals surface area contributed by atoms with Crippen LogP contribution in [-0.4, -0.2) is 15.7 Å². The van der Waals surface area contributed by atoms with E-state index in [1.807, 2.05) is 44.3 Å². The summed E-state index contributed by atoms with van der Waals surface area (Å²) in [7, 11) is 1.88. The number of hydrogen-bond acceptors (Lipinski definition) is 3. The van der Waals surface area contributed by atoms with Gasteiger partial charge in [0.05, 0.1) is 6.20 Å². The fraction of sp³-hybridized carbons (Fsp3) is 0.200. The molecule has 3 rings (SSSR count). The van der Waals surface area contributed by atoms with Crippen molar-refractivity contribution in [3.63, 3.8) is 0 Å². The normalized spacial score (nSPS) is 10.6. The Morgan fingerprint density at radius 3 is 2.69 bits per heavy atom. The fourth-order valence-electron chi connectivity index (χ4n) is 2.50. The monoisotopic (exact) mass is 369 g/mol. The number of aromatic nitrogens is 2. The number of rotatable bonds is 6. The summed E-state index contributed by atoms with van der Waals surface area (Å²) >= 11 is 5.86. The first kappa shape index (κ1) is 18.0. The summed E-state index contributed by atoms with van der Waals surface area (Å²) in [6, 6.07) is 14.6. The van der Waals surface area contributed by atoms with Gasteiger partial charge >= 0.3 is 0 Å². The number of hydrogen-bond donors (Lipinski definition) is 1. The Morgan fingerprint density at radius 2 is 2.00 bits per heavy atom. The van der Waals surface area contributed by atoms with Crippen LogP contribution in [0.1, 0.15) is 27.2 Å². The summed E-state index contributed by atoms with van der Waals surface area (Å²) in [5.41, 5.74) is 3.56. The zero-order valence-electron chi connectivity index (χ0n) is 14.7. The smallest absolute Gasteiger partial charge is 0.251 e. The molecular formula is C20H20ClN3O2. The van der Waals surface area contributed by atoms with E-state index in [9.17, 15) is 4.79 Å². The number of halogens is 1. The molecule has 1 N–H and O–H groups in total. The fourth-order valence-corrected chi connectivity index (χ4v) is 2.62. The summed E-state index contributed by atoms with van der Waals surface area (Å²) in [4.78, 5) is 12.4. The maximum Gasteiger partial charge on any atom is 0.251 e. The van der Waals surface area contributed by atoms with E-state index in [0.717, 1.165) is 22.6 Å². The molecule has 3 aromatic rings. The molecular weight excluding hydrogens is 350 g/mol. The Hall–Kier alpha value is -2.79. The third kappa shape index (κ3) is 4.43. The van der Waals surface area contributed by atoms with E-state index in [0.29, 0.717) is 23.7 Å². The highest BCUT2D eigenvalue weighted by molar-refractivity contribution is 6.30. The third-order valence-electron chi connectivity index (χ3n) is 4.18. The molecule has 0 aliphatic heterocycles. The Balaban J connectivity index is 1.59. The van der Waals surface area contributed by atoms with Gasteiger partial charge in [-0.25, -0.2) is 0 Å². The number of amides is 1. The van der Waals surface area contributed by atoms with Crippen LogP contribution in [0.2, 0.25) is 5.02 Å². The van der Waals surface area contributed by atoms with Crippen LogP contribution in [0.4, 0.5) is 0 Å². The van der Waals surface area contributed by atoms with Crippen LogP contribution in [-0.2, 0) is 20.2 Å². The van der Waals surface area contributed by atoms with Crippen molar-refractivity contribution in [3.8, 4) is 5.75 Å². The van der Waals surface area contributed by atoms with Crippen LogP contribution in [0.3, 0.4) is 0 Å². The number of carbonyl (C=O) groups excluding carboxylic acids is 1. The number of carbonyl (C=O) groups is 1. The molecule has 2 aromatic carbocycles. The van der Waals surface area contributed by atoms with Gasteiger partial charge < -0.3 is 10.1 Å². The maximum atomic E-state index is 12.4. The highest BCUT2D eigenvalue weighted by Crippen LogP contribution is 2.17. The summed E-state index contributed by atoms with van der Waals surface area (Å²) in [5, 5.41) is 7.78. The van der Waals surface area contributed by atoms with Crippen LogP contribution in [0, 0.1) is 6.92 Å². The lowest BCUT2D eigenvalue weighted by molar-refractivity contribution is 0.0950. The van der Waals surface area contributed by atoms with Crippen LogP contribution in [0.5, 0.6) is 5.75 Å². The SMILES string of the molecule is Cc1c(CNC(=O)c2cccc(COc3ccc(Cl)cc3)c2)cnn1C. The van der Waals surface area contributed by atoms with Crippen LogP contribution >= 0.6 is 11.6 Å². The second-order valence-electron chi connectivity index (χ2n) is 6.00. The van der Waals surface area contributed by atoms with Gasteiger partial charge in [0.25, 0.3) is 5.91 Å². The van der Waals surface area contributed by atoms with E-state index < -0.39 is 0 Å². The molecule has 0 atom stereocenters. The average Bonchev–Trinajstić information content (AvgIpc) is 2.98. The van der Waals surface area contributed by atoms with Crippen molar-refractivity contribution in [1.82, 2.24) is 15.1 Å². The van der Waals surface area contributed by atoms with Crippen LogP contribution < -0.4 is 10.1 Å². The maximum absolute atomic E-state index is 12.4. The number of benzene rings is 2. The largest absolute Gasteiger partial charge is 0.489 e. The van der Waals surface area contributed by atoms with Gasteiger partial charge in [-0.15, -0.1) is 0 Å². The van der Waals surface area contributed by atoms with Crippen molar-refractivity contribution < 1.29 is 9.53 Å². The molecule has 0 aliphatic carbocycles. The second-order valence-corrected chi connectivity index (χ2v) is 6.44. The van der Waals surface area contributed by atoms with Crippen molar-refractivity contribution in [1.29, 1.82) is 0 Å². The average molecular weight is 370 g/mol. The molecule has 134 valence electrons. The van der Waals surface area contributed by atoms with Crippen molar-refractivity contribution >= 4 is 17.5 Å². The molecule has 0 aliphatic rings. The van der Waals surface area contributed by atoms with Crippen LogP contribution in [0.15, 0.2) is 54.7 Å². The summed E-state index contributed by atoms with van der Waals surface area (Å²) in [6.07, 6.45) is 1.77. The van der Waals surface area contributed by atoms with Crippen molar-refractivity contribution in [2.45, 2.75) is 20.1 Å². The minimum absolute atomic E-state index is 0.124. The minimum atomic E-state index is -0.124. The van der Waals surface area contributed by atoms with Gasteiger partial charge in [-0.1, -0.05) is 23.7 Å². The zero-order valence-corrected chi connectivity index (χ0v) is 15.5. The highest BCUT2D eigenvalue weighted by atomic mass is 35.5. The lowest BCUT2D eigenvalue weighted by Gasteiger charge is -2.09.